The van der Waals surface area contributed by atoms with Crippen LogP contribution in [0, 0.1) is 6.92 Å². The molecular weight excluding hydrogens is 186 g/mol. The normalized spacial score (nSPS) is 10.8. The van der Waals surface area contributed by atoms with Gasteiger partial charge in [-0.15, -0.1) is 0 Å². The van der Waals surface area contributed by atoms with Crippen molar-refractivity contribution in [3.63, 3.8) is 0 Å². The predicted octanol–water partition coefficient (Wildman–Crippen LogP) is 2.63. The average molecular weight is 207 g/mol. The van der Waals surface area contributed by atoms with Crippen molar-refractivity contribution in [1.82, 2.24) is 0 Å². The van der Waals surface area contributed by atoms with Crippen LogP contribution in [0.25, 0.3) is 0 Å². The van der Waals surface area contributed by atoms with E-state index >= 15 is 0 Å². The SMILES string of the molecule is COc1c(C)cc(CCN)cc1C(C)C. The van der Waals surface area contributed by atoms with Crippen LogP contribution in [-0.4, -0.2) is 13.7 Å². The first kappa shape index (κ1) is 12.1. The van der Waals surface area contributed by atoms with Crippen LogP contribution in [0.1, 0.15) is 36.5 Å². The molecule has 0 heterocycles. The standard InChI is InChI=1S/C13H21NO/c1-9(2)12-8-11(5-6-14)7-10(3)13(12)15-4/h7-9H,5-6,14H2,1-4H3. The molecule has 15 heavy (non-hydrogen) atoms. The molecule has 0 amide bonds. The van der Waals surface area contributed by atoms with Gasteiger partial charge in [0, 0.05) is 0 Å². The summed E-state index contributed by atoms with van der Waals surface area (Å²) in [7, 11) is 1.73. The number of hydrogen-bond donors (Lipinski definition) is 1. The van der Waals surface area contributed by atoms with Crippen molar-refractivity contribution < 1.29 is 4.74 Å². The zero-order valence-electron chi connectivity index (χ0n) is 10.1. The molecule has 0 aliphatic heterocycles. The Hall–Kier alpha value is -1.02. The number of methoxy groups -OCH3 is 1. The van der Waals surface area contributed by atoms with Crippen LogP contribution in [0.3, 0.4) is 0 Å². The van der Waals surface area contributed by atoms with Gasteiger partial charge >= 0.3 is 0 Å². The van der Waals surface area contributed by atoms with E-state index in [-0.39, 0.29) is 0 Å². The Labute approximate surface area is 92.4 Å². The molecule has 0 bridgehead atoms. The van der Waals surface area contributed by atoms with Gasteiger partial charge in [0.25, 0.3) is 0 Å². The van der Waals surface area contributed by atoms with Gasteiger partial charge in [-0.3, -0.25) is 0 Å². The number of nitrogens with two attached hydrogens (primary N) is 1. The van der Waals surface area contributed by atoms with Gasteiger partial charge in [0.2, 0.25) is 0 Å². The number of hydrogen-bond acceptors (Lipinski definition) is 2. The van der Waals surface area contributed by atoms with Crippen LogP contribution in [0.4, 0.5) is 0 Å². The topological polar surface area (TPSA) is 35.2 Å². The summed E-state index contributed by atoms with van der Waals surface area (Å²) < 4.78 is 5.44. The second-order valence-corrected chi connectivity index (χ2v) is 4.23. The summed E-state index contributed by atoms with van der Waals surface area (Å²) in [6.45, 7) is 7.15. The Balaban J connectivity index is 3.19. The van der Waals surface area contributed by atoms with E-state index in [0.29, 0.717) is 12.5 Å². The molecule has 0 aliphatic rings. The highest BCUT2D eigenvalue weighted by Crippen LogP contribution is 2.31. The zero-order valence-corrected chi connectivity index (χ0v) is 10.1. The molecule has 0 spiro atoms. The van der Waals surface area contributed by atoms with E-state index in [9.17, 15) is 0 Å². The van der Waals surface area contributed by atoms with Crippen molar-refractivity contribution in [2.24, 2.45) is 5.73 Å². The van der Waals surface area contributed by atoms with Gasteiger partial charge in [-0.05, 0) is 42.5 Å². The summed E-state index contributed by atoms with van der Waals surface area (Å²) in [5, 5.41) is 0. The minimum absolute atomic E-state index is 0.483. The quantitative estimate of drug-likeness (QED) is 0.823. The molecular formula is C13H21NO. The van der Waals surface area contributed by atoms with E-state index in [2.05, 4.69) is 32.9 Å². The van der Waals surface area contributed by atoms with Crippen LogP contribution in [0.5, 0.6) is 5.75 Å². The smallest absolute Gasteiger partial charge is 0.125 e. The first-order valence-corrected chi connectivity index (χ1v) is 5.47. The second-order valence-electron chi connectivity index (χ2n) is 4.23. The maximum Gasteiger partial charge on any atom is 0.125 e. The lowest BCUT2D eigenvalue weighted by atomic mass is 9.95. The molecule has 0 radical (unpaired) electrons. The Morgan fingerprint density at radius 2 is 2.00 bits per heavy atom. The number of aryl methyl sites for hydroxylation is 1. The molecule has 1 aromatic rings. The molecule has 0 saturated heterocycles. The van der Waals surface area contributed by atoms with Crippen molar-refractivity contribution in [2.75, 3.05) is 13.7 Å². The van der Waals surface area contributed by atoms with Crippen LogP contribution in [0.2, 0.25) is 0 Å². The van der Waals surface area contributed by atoms with Gasteiger partial charge < -0.3 is 10.5 Å². The molecule has 0 unspecified atom stereocenters. The van der Waals surface area contributed by atoms with Gasteiger partial charge in [-0.2, -0.15) is 0 Å². The minimum Gasteiger partial charge on any atom is -0.496 e. The monoisotopic (exact) mass is 207 g/mol. The third-order valence-corrected chi connectivity index (χ3v) is 2.62. The van der Waals surface area contributed by atoms with Crippen LogP contribution in [0.15, 0.2) is 12.1 Å². The van der Waals surface area contributed by atoms with Crippen molar-refractivity contribution >= 4 is 0 Å². The van der Waals surface area contributed by atoms with Crippen molar-refractivity contribution in [3.05, 3.63) is 28.8 Å². The minimum atomic E-state index is 0.483. The van der Waals surface area contributed by atoms with E-state index in [0.717, 1.165) is 12.2 Å². The predicted molar refractivity (Wildman–Crippen MR) is 64.6 cm³/mol. The average Bonchev–Trinajstić information content (AvgIpc) is 2.17. The van der Waals surface area contributed by atoms with Crippen molar-refractivity contribution in [2.45, 2.75) is 33.1 Å². The summed E-state index contributed by atoms with van der Waals surface area (Å²) in [4.78, 5) is 0. The van der Waals surface area contributed by atoms with Crippen LogP contribution < -0.4 is 10.5 Å². The maximum atomic E-state index is 5.58. The zero-order chi connectivity index (χ0) is 11.4. The van der Waals surface area contributed by atoms with Gasteiger partial charge in [0.15, 0.2) is 0 Å². The lowest BCUT2D eigenvalue weighted by Gasteiger charge is -2.16. The van der Waals surface area contributed by atoms with Crippen molar-refractivity contribution in [1.29, 1.82) is 0 Å². The Morgan fingerprint density at radius 3 is 2.47 bits per heavy atom. The summed E-state index contributed by atoms with van der Waals surface area (Å²) >= 11 is 0. The largest absolute Gasteiger partial charge is 0.496 e. The summed E-state index contributed by atoms with van der Waals surface area (Å²) in [6.07, 6.45) is 0.935. The fourth-order valence-corrected chi connectivity index (χ4v) is 1.90. The highest BCUT2D eigenvalue weighted by Gasteiger charge is 2.11. The van der Waals surface area contributed by atoms with Crippen LogP contribution >= 0.6 is 0 Å². The lowest BCUT2D eigenvalue weighted by Crippen LogP contribution is -2.05. The third-order valence-electron chi connectivity index (χ3n) is 2.62. The molecule has 0 fully saturated rings. The fourth-order valence-electron chi connectivity index (χ4n) is 1.90. The molecule has 84 valence electrons. The molecule has 0 atom stereocenters. The van der Waals surface area contributed by atoms with E-state index in [4.69, 9.17) is 10.5 Å². The van der Waals surface area contributed by atoms with E-state index < -0.39 is 0 Å². The highest BCUT2D eigenvalue weighted by atomic mass is 16.5. The number of rotatable bonds is 4. The van der Waals surface area contributed by atoms with Gasteiger partial charge in [0.05, 0.1) is 7.11 Å². The number of benzene rings is 1. The Morgan fingerprint density at radius 1 is 1.33 bits per heavy atom. The van der Waals surface area contributed by atoms with Crippen molar-refractivity contribution in [3.8, 4) is 5.75 Å². The molecule has 0 saturated carbocycles. The summed E-state index contributed by atoms with van der Waals surface area (Å²) in [6, 6.07) is 4.38. The molecule has 1 rings (SSSR count). The third kappa shape index (κ3) is 2.72. The Bertz CT molecular complexity index is 332. The van der Waals surface area contributed by atoms with Gasteiger partial charge in [-0.25, -0.2) is 0 Å². The molecule has 1 aromatic carbocycles. The second kappa shape index (κ2) is 5.17. The van der Waals surface area contributed by atoms with Crippen LogP contribution in [-0.2, 0) is 6.42 Å². The molecule has 2 nitrogen and oxygen atoms in total. The van der Waals surface area contributed by atoms with E-state index in [1.165, 1.54) is 16.7 Å². The summed E-state index contributed by atoms with van der Waals surface area (Å²) in [5.41, 5.74) is 9.36. The maximum absolute atomic E-state index is 5.58. The summed E-state index contributed by atoms with van der Waals surface area (Å²) in [5.74, 6) is 1.50. The Kier molecular flexibility index (Phi) is 4.15. The van der Waals surface area contributed by atoms with Gasteiger partial charge in [0.1, 0.15) is 5.75 Å². The first-order valence-electron chi connectivity index (χ1n) is 5.47. The fraction of sp³-hybridized carbons (Fsp3) is 0.538. The lowest BCUT2D eigenvalue weighted by molar-refractivity contribution is 0.404. The first-order chi connectivity index (χ1) is 7.10. The molecule has 0 aromatic heterocycles. The highest BCUT2D eigenvalue weighted by molar-refractivity contribution is 5.45. The molecule has 2 N–H and O–H groups in total. The molecule has 0 aliphatic carbocycles. The van der Waals surface area contributed by atoms with E-state index in [1.807, 2.05) is 0 Å². The number of ether oxygens (including phenoxy) is 1. The van der Waals surface area contributed by atoms with Gasteiger partial charge in [-0.1, -0.05) is 26.0 Å². The van der Waals surface area contributed by atoms with E-state index in [1.54, 1.807) is 7.11 Å². The molecule has 2 heteroatoms.